The van der Waals surface area contributed by atoms with Crippen LogP contribution in [0.25, 0.3) is 0 Å². The molecule has 0 saturated heterocycles. The van der Waals surface area contributed by atoms with Crippen molar-refractivity contribution in [3.63, 3.8) is 0 Å². The SMILES string of the molecule is CCOC(=O)C(CCN(CC)C1CCCC1)NC(C)C. The summed E-state index contributed by atoms with van der Waals surface area (Å²) in [5, 5.41) is 3.33. The molecule has 0 radical (unpaired) electrons. The monoisotopic (exact) mass is 284 g/mol. The Morgan fingerprint density at radius 1 is 1.30 bits per heavy atom. The Morgan fingerprint density at radius 3 is 2.45 bits per heavy atom. The summed E-state index contributed by atoms with van der Waals surface area (Å²) in [4.78, 5) is 14.5. The molecule has 1 atom stereocenters. The first-order valence-electron chi connectivity index (χ1n) is 8.25. The van der Waals surface area contributed by atoms with Gasteiger partial charge in [-0.1, -0.05) is 33.6 Å². The van der Waals surface area contributed by atoms with Crippen molar-refractivity contribution >= 4 is 5.97 Å². The van der Waals surface area contributed by atoms with Crippen LogP contribution in [0.5, 0.6) is 0 Å². The number of rotatable bonds is 9. The zero-order valence-corrected chi connectivity index (χ0v) is 13.7. The van der Waals surface area contributed by atoms with Crippen molar-refractivity contribution in [2.45, 2.75) is 77.9 Å². The predicted octanol–water partition coefficient (Wildman–Crippen LogP) is 2.57. The number of carbonyl (C=O) groups excluding carboxylic acids is 1. The van der Waals surface area contributed by atoms with Crippen molar-refractivity contribution < 1.29 is 9.53 Å². The maximum atomic E-state index is 12.0. The van der Waals surface area contributed by atoms with Crippen LogP contribution in [0.15, 0.2) is 0 Å². The van der Waals surface area contributed by atoms with Crippen molar-refractivity contribution in [2.24, 2.45) is 0 Å². The van der Waals surface area contributed by atoms with E-state index in [2.05, 4.69) is 31.0 Å². The Kier molecular flexibility index (Phi) is 8.15. The van der Waals surface area contributed by atoms with Crippen LogP contribution in [-0.2, 0) is 9.53 Å². The van der Waals surface area contributed by atoms with Crippen molar-refractivity contribution in [3.8, 4) is 0 Å². The van der Waals surface area contributed by atoms with Crippen LogP contribution in [0, 0.1) is 0 Å². The van der Waals surface area contributed by atoms with Gasteiger partial charge in [0.05, 0.1) is 6.61 Å². The number of esters is 1. The van der Waals surface area contributed by atoms with Gasteiger partial charge in [-0.25, -0.2) is 0 Å². The Labute approximate surface area is 124 Å². The highest BCUT2D eigenvalue weighted by Crippen LogP contribution is 2.23. The minimum absolute atomic E-state index is 0.108. The number of ether oxygens (including phenoxy) is 1. The summed E-state index contributed by atoms with van der Waals surface area (Å²) in [7, 11) is 0. The highest BCUT2D eigenvalue weighted by molar-refractivity contribution is 5.75. The molecule has 118 valence electrons. The lowest BCUT2D eigenvalue weighted by Crippen LogP contribution is -2.45. The predicted molar refractivity (Wildman–Crippen MR) is 82.8 cm³/mol. The molecular weight excluding hydrogens is 252 g/mol. The van der Waals surface area contributed by atoms with Crippen molar-refractivity contribution in [2.75, 3.05) is 19.7 Å². The van der Waals surface area contributed by atoms with E-state index in [0.29, 0.717) is 12.6 Å². The molecule has 0 bridgehead atoms. The second-order valence-electron chi connectivity index (χ2n) is 5.98. The van der Waals surface area contributed by atoms with Gasteiger partial charge in [0.15, 0.2) is 0 Å². The second kappa shape index (κ2) is 9.35. The van der Waals surface area contributed by atoms with Crippen LogP contribution >= 0.6 is 0 Å². The van der Waals surface area contributed by atoms with Crippen molar-refractivity contribution in [3.05, 3.63) is 0 Å². The number of hydrogen-bond donors (Lipinski definition) is 1. The van der Waals surface area contributed by atoms with Crippen molar-refractivity contribution in [1.82, 2.24) is 10.2 Å². The van der Waals surface area contributed by atoms with E-state index < -0.39 is 0 Å². The Hall–Kier alpha value is -0.610. The highest BCUT2D eigenvalue weighted by atomic mass is 16.5. The molecule has 20 heavy (non-hydrogen) atoms. The molecule has 0 spiro atoms. The van der Waals surface area contributed by atoms with Crippen molar-refractivity contribution in [1.29, 1.82) is 0 Å². The maximum absolute atomic E-state index is 12.0. The first kappa shape index (κ1) is 17.4. The topological polar surface area (TPSA) is 41.6 Å². The van der Waals surface area contributed by atoms with Crippen LogP contribution in [0.1, 0.15) is 59.8 Å². The zero-order chi connectivity index (χ0) is 15.0. The van der Waals surface area contributed by atoms with E-state index in [1.54, 1.807) is 0 Å². The highest BCUT2D eigenvalue weighted by Gasteiger charge is 2.25. The summed E-state index contributed by atoms with van der Waals surface area (Å²) >= 11 is 0. The molecule has 1 unspecified atom stereocenters. The number of carbonyl (C=O) groups is 1. The van der Waals surface area contributed by atoms with Gasteiger partial charge in [-0.05, 0) is 32.7 Å². The first-order chi connectivity index (χ1) is 9.58. The fourth-order valence-electron chi connectivity index (χ4n) is 3.08. The molecular formula is C16H32N2O2. The quantitative estimate of drug-likeness (QED) is 0.661. The number of nitrogens with one attached hydrogen (secondary N) is 1. The summed E-state index contributed by atoms with van der Waals surface area (Å²) in [5.74, 6) is -0.108. The lowest BCUT2D eigenvalue weighted by atomic mass is 10.1. The Morgan fingerprint density at radius 2 is 1.95 bits per heavy atom. The van der Waals surface area contributed by atoms with E-state index in [-0.39, 0.29) is 12.0 Å². The van der Waals surface area contributed by atoms with Gasteiger partial charge in [0, 0.05) is 18.6 Å². The fraction of sp³-hybridized carbons (Fsp3) is 0.938. The maximum Gasteiger partial charge on any atom is 0.323 e. The molecule has 0 aromatic rings. The summed E-state index contributed by atoms with van der Waals surface area (Å²) in [6.45, 7) is 10.7. The molecule has 1 aliphatic rings. The first-order valence-corrected chi connectivity index (χ1v) is 8.25. The summed E-state index contributed by atoms with van der Waals surface area (Å²) in [6, 6.07) is 0.846. The molecule has 4 nitrogen and oxygen atoms in total. The van der Waals surface area contributed by atoms with Gasteiger partial charge in [0.2, 0.25) is 0 Å². The minimum Gasteiger partial charge on any atom is -0.465 e. The fourth-order valence-corrected chi connectivity index (χ4v) is 3.08. The van der Waals surface area contributed by atoms with E-state index in [9.17, 15) is 4.79 Å². The smallest absolute Gasteiger partial charge is 0.323 e. The third kappa shape index (κ3) is 5.80. The molecule has 1 N–H and O–H groups in total. The summed E-state index contributed by atoms with van der Waals surface area (Å²) < 4.78 is 5.18. The third-order valence-corrected chi connectivity index (χ3v) is 4.06. The Bertz CT molecular complexity index is 276. The van der Waals surface area contributed by atoms with Gasteiger partial charge in [-0.3, -0.25) is 4.79 Å². The lowest BCUT2D eigenvalue weighted by Gasteiger charge is -2.29. The summed E-state index contributed by atoms with van der Waals surface area (Å²) in [5.41, 5.74) is 0. The molecule has 1 saturated carbocycles. The van der Waals surface area contributed by atoms with Crippen LogP contribution in [0.4, 0.5) is 0 Å². The van der Waals surface area contributed by atoms with Gasteiger partial charge < -0.3 is 15.0 Å². The van der Waals surface area contributed by atoms with Gasteiger partial charge >= 0.3 is 5.97 Å². The van der Waals surface area contributed by atoms with Crippen LogP contribution in [-0.4, -0.2) is 48.7 Å². The number of nitrogens with zero attached hydrogens (tertiary/aromatic N) is 1. The Balaban J connectivity index is 2.48. The molecule has 1 rings (SSSR count). The standard InChI is InChI=1S/C16H32N2O2/c1-5-18(14-9-7-8-10-14)12-11-15(17-13(3)4)16(19)20-6-2/h13-15,17H,5-12H2,1-4H3. The van der Waals surface area contributed by atoms with E-state index in [0.717, 1.165) is 25.6 Å². The lowest BCUT2D eigenvalue weighted by molar-refractivity contribution is -0.146. The molecule has 0 heterocycles. The minimum atomic E-state index is -0.176. The molecule has 0 amide bonds. The molecule has 0 aliphatic heterocycles. The normalized spacial score (nSPS) is 17.9. The molecule has 1 fully saturated rings. The average Bonchev–Trinajstić information content (AvgIpc) is 2.92. The number of hydrogen-bond acceptors (Lipinski definition) is 4. The van der Waals surface area contributed by atoms with E-state index in [1.807, 2.05) is 6.92 Å². The van der Waals surface area contributed by atoms with Gasteiger partial charge in [0.25, 0.3) is 0 Å². The van der Waals surface area contributed by atoms with Gasteiger partial charge in [-0.2, -0.15) is 0 Å². The second-order valence-corrected chi connectivity index (χ2v) is 5.98. The van der Waals surface area contributed by atoms with E-state index >= 15 is 0 Å². The molecule has 1 aliphatic carbocycles. The molecule has 4 heteroatoms. The van der Waals surface area contributed by atoms with Crippen LogP contribution < -0.4 is 5.32 Å². The molecule has 0 aromatic heterocycles. The zero-order valence-electron chi connectivity index (χ0n) is 13.7. The van der Waals surface area contributed by atoms with Gasteiger partial charge in [0.1, 0.15) is 6.04 Å². The van der Waals surface area contributed by atoms with Crippen LogP contribution in [0.2, 0.25) is 0 Å². The van der Waals surface area contributed by atoms with E-state index in [1.165, 1.54) is 25.7 Å². The van der Waals surface area contributed by atoms with Crippen LogP contribution in [0.3, 0.4) is 0 Å². The molecule has 0 aromatic carbocycles. The van der Waals surface area contributed by atoms with Gasteiger partial charge in [-0.15, -0.1) is 0 Å². The average molecular weight is 284 g/mol. The third-order valence-electron chi connectivity index (χ3n) is 4.06. The largest absolute Gasteiger partial charge is 0.465 e. The van der Waals surface area contributed by atoms with E-state index in [4.69, 9.17) is 4.74 Å². The summed E-state index contributed by atoms with van der Waals surface area (Å²) in [6.07, 6.45) is 6.17.